The maximum Gasteiger partial charge on any atom is 0.295 e. The molecule has 0 saturated carbocycles. The number of carbonyl (C=O) groups is 3. The second-order valence-corrected chi connectivity index (χ2v) is 10.7. The number of H-pyrrole nitrogens is 1. The van der Waals surface area contributed by atoms with Crippen LogP contribution in [-0.2, 0) is 9.53 Å². The number of methoxy groups -OCH3 is 1. The third-order valence-electron chi connectivity index (χ3n) is 7.71. The zero-order chi connectivity index (χ0) is 30.3. The number of pyridine rings is 1. The quantitative estimate of drug-likeness (QED) is 0.285. The van der Waals surface area contributed by atoms with Gasteiger partial charge >= 0.3 is 0 Å². The number of ether oxygens (including phenoxy) is 1. The van der Waals surface area contributed by atoms with Gasteiger partial charge in [-0.1, -0.05) is 6.92 Å². The van der Waals surface area contributed by atoms with Gasteiger partial charge < -0.3 is 29.0 Å². The second-order valence-electron chi connectivity index (χ2n) is 10.7. The maximum absolute atomic E-state index is 13.3. The van der Waals surface area contributed by atoms with E-state index in [4.69, 9.17) is 9.15 Å². The molecular formula is C30H39N7O6. The van der Waals surface area contributed by atoms with Crippen LogP contribution in [0.3, 0.4) is 0 Å². The van der Waals surface area contributed by atoms with Crippen LogP contribution >= 0.6 is 0 Å². The highest BCUT2D eigenvalue weighted by atomic mass is 16.5. The van der Waals surface area contributed by atoms with Crippen LogP contribution in [0.1, 0.15) is 66.5 Å². The molecule has 1 fully saturated rings. The molecule has 13 heteroatoms. The smallest absolute Gasteiger partial charge is 0.295 e. The number of nitrogens with zero attached hydrogens (tertiary/aromatic N) is 6. The number of nitrogens with one attached hydrogen (secondary N) is 1. The molecular weight excluding hydrogens is 554 g/mol. The highest BCUT2D eigenvalue weighted by Gasteiger charge is 2.39. The van der Waals surface area contributed by atoms with Crippen LogP contribution in [0.5, 0.6) is 0 Å². The molecule has 13 nitrogen and oxygen atoms in total. The Balaban J connectivity index is 1.37. The fourth-order valence-corrected chi connectivity index (χ4v) is 5.50. The number of imidazole rings is 1. The van der Waals surface area contributed by atoms with E-state index in [0.29, 0.717) is 87.2 Å². The minimum Gasteiger partial charge on any atom is -0.459 e. The number of likely N-dealkylation sites (tertiary alicyclic amines) is 1. The molecule has 0 bridgehead atoms. The number of rotatable bonds is 13. The number of aromatic nitrogens is 3. The maximum atomic E-state index is 13.3. The monoisotopic (exact) mass is 593 g/mol. The van der Waals surface area contributed by atoms with E-state index in [9.17, 15) is 19.5 Å². The Morgan fingerprint density at radius 3 is 2.72 bits per heavy atom. The number of fused-ring (bicyclic) bond motifs is 1. The summed E-state index contributed by atoms with van der Waals surface area (Å²) in [5, 5.41) is 11.0. The van der Waals surface area contributed by atoms with Gasteiger partial charge in [-0.3, -0.25) is 24.2 Å². The molecule has 5 rings (SSSR count). The van der Waals surface area contributed by atoms with E-state index < -0.39 is 6.35 Å². The number of carbonyl (C=O) groups excluding carboxylic acids is 3. The van der Waals surface area contributed by atoms with E-state index >= 15 is 0 Å². The largest absolute Gasteiger partial charge is 0.459 e. The van der Waals surface area contributed by atoms with Crippen LogP contribution < -0.4 is 9.80 Å². The van der Waals surface area contributed by atoms with Gasteiger partial charge in [0.1, 0.15) is 17.3 Å². The van der Waals surface area contributed by atoms with E-state index in [0.717, 1.165) is 19.4 Å². The van der Waals surface area contributed by atoms with Crippen LogP contribution in [0.25, 0.3) is 11.4 Å². The van der Waals surface area contributed by atoms with Gasteiger partial charge in [-0.2, -0.15) is 0 Å². The van der Waals surface area contributed by atoms with Crippen molar-refractivity contribution in [2.45, 2.75) is 51.8 Å². The van der Waals surface area contributed by atoms with Crippen LogP contribution in [-0.4, -0.2) is 100 Å². The van der Waals surface area contributed by atoms with Crippen molar-refractivity contribution in [3.8, 4) is 11.4 Å². The Morgan fingerprint density at radius 1 is 1.16 bits per heavy atom. The fraction of sp³-hybridized carbons (Fsp3) is 0.500. The lowest BCUT2D eigenvalue weighted by molar-refractivity contribution is -0.133. The summed E-state index contributed by atoms with van der Waals surface area (Å²) in [4.78, 5) is 57.8. The van der Waals surface area contributed by atoms with Crippen molar-refractivity contribution in [1.29, 1.82) is 0 Å². The van der Waals surface area contributed by atoms with Crippen LogP contribution in [0, 0.1) is 0 Å². The lowest BCUT2D eigenvalue weighted by Crippen LogP contribution is -2.56. The van der Waals surface area contributed by atoms with Crippen LogP contribution in [0.4, 0.5) is 11.6 Å². The molecule has 0 spiro atoms. The molecule has 3 aromatic rings. The first-order valence-corrected chi connectivity index (χ1v) is 14.9. The highest BCUT2D eigenvalue weighted by Crippen LogP contribution is 2.32. The molecule has 3 aromatic heterocycles. The minimum atomic E-state index is -1.13. The summed E-state index contributed by atoms with van der Waals surface area (Å²) < 4.78 is 10.6. The summed E-state index contributed by atoms with van der Waals surface area (Å²) >= 11 is 0. The third-order valence-corrected chi connectivity index (χ3v) is 7.71. The number of aromatic amines is 1. The molecule has 0 radical (unpaired) electrons. The molecule has 43 heavy (non-hydrogen) atoms. The van der Waals surface area contributed by atoms with E-state index in [2.05, 4.69) is 15.0 Å². The van der Waals surface area contributed by atoms with E-state index in [1.54, 1.807) is 47.4 Å². The van der Waals surface area contributed by atoms with E-state index in [1.165, 1.54) is 11.2 Å². The summed E-state index contributed by atoms with van der Waals surface area (Å²) in [5.41, 5.74) is 0.917. The zero-order valence-corrected chi connectivity index (χ0v) is 24.7. The standard InChI is InChI=1S/C30H39N7O6/c1-3-13-37-29(40)25-27(36(30(37)41)17-8-18-42-2)33-26(32-25)21-11-12-23(31-20-21)35(28(39)22-9-6-19-43-22)16-7-15-34-14-5-4-10-24(34)38/h6,9,11-12,19-20,30,41H,3-5,7-8,10,13-18H2,1-2H3,(H,32,33). The molecule has 0 aliphatic carbocycles. The van der Waals surface area contributed by atoms with Gasteiger partial charge in [-0.05, 0) is 56.4 Å². The van der Waals surface area contributed by atoms with E-state index in [-0.39, 0.29) is 23.5 Å². The normalized spacial score (nSPS) is 17.0. The van der Waals surface area contributed by atoms with Crippen molar-refractivity contribution < 1.29 is 28.6 Å². The average Bonchev–Trinajstić information content (AvgIpc) is 3.72. The van der Waals surface area contributed by atoms with Crippen molar-refractivity contribution in [1.82, 2.24) is 24.8 Å². The molecule has 2 aliphatic heterocycles. The lowest BCUT2D eigenvalue weighted by Gasteiger charge is -2.40. The second kappa shape index (κ2) is 13.8. The Labute approximate surface area is 250 Å². The van der Waals surface area contributed by atoms with E-state index in [1.807, 2.05) is 11.8 Å². The number of hydrogen-bond donors (Lipinski definition) is 2. The Bertz CT molecular complexity index is 1390. The average molecular weight is 594 g/mol. The summed E-state index contributed by atoms with van der Waals surface area (Å²) in [6.45, 7) is 4.95. The third kappa shape index (κ3) is 6.57. The Hall–Kier alpha value is -4.23. The molecule has 1 saturated heterocycles. The lowest BCUT2D eigenvalue weighted by atomic mass is 10.1. The highest BCUT2D eigenvalue weighted by molar-refractivity contribution is 6.03. The number of furan rings is 1. The van der Waals surface area contributed by atoms with Gasteiger partial charge in [0.05, 0.1) is 6.26 Å². The van der Waals surface area contributed by atoms with Crippen LogP contribution in [0.15, 0.2) is 41.1 Å². The topological polar surface area (TPSA) is 148 Å². The fourth-order valence-electron chi connectivity index (χ4n) is 5.50. The van der Waals surface area contributed by atoms with Gasteiger partial charge in [-0.25, -0.2) is 9.97 Å². The molecule has 1 atom stereocenters. The van der Waals surface area contributed by atoms with Gasteiger partial charge in [0.25, 0.3) is 11.8 Å². The van der Waals surface area contributed by atoms with Crippen molar-refractivity contribution in [2.75, 3.05) is 56.2 Å². The first-order chi connectivity index (χ1) is 20.9. The van der Waals surface area contributed by atoms with Crippen molar-refractivity contribution >= 4 is 29.4 Å². The van der Waals surface area contributed by atoms with Crippen molar-refractivity contribution in [3.63, 3.8) is 0 Å². The molecule has 2 aliphatic rings. The summed E-state index contributed by atoms with van der Waals surface area (Å²) in [6.07, 6.45) is 6.32. The number of hydrogen-bond acceptors (Lipinski definition) is 9. The molecule has 5 heterocycles. The number of piperidine rings is 1. The molecule has 1 unspecified atom stereocenters. The zero-order valence-electron chi connectivity index (χ0n) is 24.7. The van der Waals surface area contributed by atoms with Crippen molar-refractivity contribution in [2.24, 2.45) is 0 Å². The van der Waals surface area contributed by atoms with Gasteiger partial charge in [-0.15, -0.1) is 0 Å². The number of anilines is 2. The number of amides is 3. The predicted octanol–water partition coefficient (Wildman–Crippen LogP) is 3.10. The Kier molecular flexibility index (Phi) is 9.72. The first kappa shape index (κ1) is 30.2. The molecule has 2 N–H and O–H groups in total. The number of aliphatic hydroxyl groups excluding tert-OH is 1. The minimum absolute atomic E-state index is 0.153. The van der Waals surface area contributed by atoms with Gasteiger partial charge in [0.2, 0.25) is 12.3 Å². The summed E-state index contributed by atoms with van der Waals surface area (Å²) in [6, 6.07) is 6.77. The predicted molar refractivity (Wildman–Crippen MR) is 158 cm³/mol. The van der Waals surface area contributed by atoms with Crippen LogP contribution in [0.2, 0.25) is 0 Å². The van der Waals surface area contributed by atoms with Crippen molar-refractivity contribution in [3.05, 3.63) is 48.2 Å². The molecule has 3 amide bonds. The summed E-state index contributed by atoms with van der Waals surface area (Å²) in [7, 11) is 1.62. The summed E-state index contributed by atoms with van der Waals surface area (Å²) in [5.74, 6) is 0.923. The van der Waals surface area contributed by atoms with Gasteiger partial charge in [0.15, 0.2) is 11.6 Å². The number of aliphatic hydroxyl groups is 1. The van der Waals surface area contributed by atoms with Gasteiger partial charge in [0, 0.05) is 64.6 Å². The SMILES string of the molecule is CCCN1C(=O)c2[nH]c(-c3ccc(N(CCCN4CCCCC4=O)C(=O)c4ccco4)nc3)nc2N(CCCOC)C1O. The molecule has 0 aromatic carbocycles. The first-order valence-electron chi connectivity index (χ1n) is 14.9. The molecule has 230 valence electrons. The Morgan fingerprint density at radius 2 is 2.02 bits per heavy atom.